The number of thioether (sulfide) groups is 1. The van der Waals surface area contributed by atoms with Crippen molar-refractivity contribution < 1.29 is 14.3 Å². The first kappa shape index (κ1) is 18.0. The molecule has 3 N–H and O–H groups in total. The van der Waals surface area contributed by atoms with Gasteiger partial charge in [0.1, 0.15) is 6.04 Å². The SMILES string of the molecule is CCOC(=O)C(N)CSCC(=O)Nc1ccc(Br)cc1C. The minimum absolute atomic E-state index is 0.124. The van der Waals surface area contributed by atoms with Crippen LogP contribution in [-0.4, -0.2) is 36.0 Å². The number of halogens is 1. The van der Waals surface area contributed by atoms with Gasteiger partial charge < -0.3 is 15.8 Å². The van der Waals surface area contributed by atoms with Crippen molar-refractivity contribution in [2.24, 2.45) is 5.73 Å². The molecule has 0 fully saturated rings. The Balaban J connectivity index is 2.36. The number of esters is 1. The fourth-order valence-electron chi connectivity index (χ4n) is 1.55. The summed E-state index contributed by atoms with van der Waals surface area (Å²) in [5, 5.41) is 2.83. The van der Waals surface area contributed by atoms with Crippen LogP contribution in [0, 0.1) is 6.92 Å². The zero-order valence-corrected chi connectivity index (χ0v) is 14.4. The van der Waals surface area contributed by atoms with E-state index in [-0.39, 0.29) is 11.7 Å². The summed E-state index contributed by atoms with van der Waals surface area (Å²) in [4.78, 5) is 23.1. The van der Waals surface area contributed by atoms with Crippen molar-refractivity contribution in [3.63, 3.8) is 0 Å². The number of nitrogens with one attached hydrogen (secondary N) is 1. The van der Waals surface area contributed by atoms with E-state index in [4.69, 9.17) is 10.5 Å². The minimum atomic E-state index is -0.697. The van der Waals surface area contributed by atoms with Gasteiger partial charge in [-0.2, -0.15) is 0 Å². The average molecular weight is 375 g/mol. The van der Waals surface area contributed by atoms with Crippen LogP contribution in [-0.2, 0) is 14.3 Å². The van der Waals surface area contributed by atoms with E-state index in [9.17, 15) is 9.59 Å². The number of amides is 1. The molecule has 0 radical (unpaired) electrons. The Bertz CT molecular complexity index is 511. The van der Waals surface area contributed by atoms with Crippen molar-refractivity contribution in [3.05, 3.63) is 28.2 Å². The molecule has 7 heteroatoms. The summed E-state index contributed by atoms with van der Waals surface area (Å²) in [5.74, 6) is 0.0319. The van der Waals surface area contributed by atoms with Gasteiger partial charge in [0.25, 0.3) is 0 Å². The molecule has 0 saturated heterocycles. The third-order valence-corrected chi connectivity index (χ3v) is 4.14. The van der Waals surface area contributed by atoms with Gasteiger partial charge in [-0.3, -0.25) is 9.59 Å². The number of carbonyl (C=O) groups is 2. The largest absolute Gasteiger partial charge is 0.465 e. The van der Waals surface area contributed by atoms with Gasteiger partial charge in [0.05, 0.1) is 12.4 Å². The number of benzene rings is 1. The van der Waals surface area contributed by atoms with Crippen molar-refractivity contribution in [2.45, 2.75) is 19.9 Å². The lowest BCUT2D eigenvalue weighted by atomic mass is 10.2. The molecule has 1 aromatic carbocycles. The average Bonchev–Trinajstić information content (AvgIpc) is 2.42. The third kappa shape index (κ3) is 6.50. The van der Waals surface area contributed by atoms with E-state index in [1.165, 1.54) is 11.8 Å². The van der Waals surface area contributed by atoms with Crippen molar-refractivity contribution in [3.8, 4) is 0 Å². The molecule has 0 aliphatic rings. The monoisotopic (exact) mass is 374 g/mol. The molecule has 0 spiro atoms. The van der Waals surface area contributed by atoms with Crippen molar-refractivity contribution in [1.29, 1.82) is 0 Å². The van der Waals surface area contributed by atoms with Crippen LogP contribution in [0.1, 0.15) is 12.5 Å². The van der Waals surface area contributed by atoms with E-state index in [0.717, 1.165) is 15.7 Å². The lowest BCUT2D eigenvalue weighted by Gasteiger charge is -2.11. The maximum atomic E-state index is 11.8. The Morgan fingerprint density at radius 1 is 1.48 bits per heavy atom. The second kappa shape index (κ2) is 9.07. The number of aryl methyl sites for hydroxylation is 1. The number of anilines is 1. The van der Waals surface area contributed by atoms with Crippen LogP contribution in [0.5, 0.6) is 0 Å². The zero-order chi connectivity index (χ0) is 15.8. The Labute approximate surface area is 137 Å². The predicted molar refractivity (Wildman–Crippen MR) is 89.4 cm³/mol. The summed E-state index contributed by atoms with van der Waals surface area (Å²) in [5.41, 5.74) is 7.40. The number of hydrogen-bond donors (Lipinski definition) is 2. The lowest BCUT2D eigenvalue weighted by Crippen LogP contribution is -2.35. The Morgan fingerprint density at radius 2 is 2.19 bits per heavy atom. The highest BCUT2D eigenvalue weighted by molar-refractivity contribution is 9.10. The highest BCUT2D eigenvalue weighted by Gasteiger charge is 2.15. The predicted octanol–water partition coefficient (Wildman–Crippen LogP) is 2.32. The van der Waals surface area contributed by atoms with Crippen LogP contribution in [0.25, 0.3) is 0 Å². The Hall–Kier alpha value is -1.05. The molecule has 5 nitrogen and oxygen atoms in total. The highest BCUT2D eigenvalue weighted by atomic mass is 79.9. The topological polar surface area (TPSA) is 81.4 Å². The first-order valence-corrected chi connectivity index (χ1v) is 8.44. The molecule has 0 aromatic heterocycles. The summed E-state index contributed by atoms with van der Waals surface area (Å²) in [6.07, 6.45) is 0. The van der Waals surface area contributed by atoms with Crippen molar-refractivity contribution in [1.82, 2.24) is 0 Å². The van der Waals surface area contributed by atoms with Crippen LogP contribution in [0.2, 0.25) is 0 Å². The second-order valence-electron chi connectivity index (χ2n) is 4.38. The molecular formula is C14H19BrN2O3S. The minimum Gasteiger partial charge on any atom is -0.465 e. The fourth-order valence-corrected chi connectivity index (χ4v) is 2.79. The van der Waals surface area contributed by atoms with Crippen LogP contribution in [0.4, 0.5) is 5.69 Å². The van der Waals surface area contributed by atoms with Gasteiger partial charge in [0, 0.05) is 15.9 Å². The molecular weight excluding hydrogens is 356 g/mol. The molecule has 0 saturated carbocycles. The smallest absolute Gasteiger partial charge is 0.323 e. The molecule has 1 amide bonds. The van der Waals surface area contributed by atoms with Gasteiger partial charge in [0.2, 0.25) is 5.91 Å². The summed E-state index contributed by atoms with van der Waals surface area (Å²) < 4.78 is 5.77. The quantitative estimate of drug-likeness (QED) is 0.715. The van der Waals surface area contributed by atoms with E-state index < -0.39 is 12.0 Å². The molecule has 1 rings (SSSR count). The molecule has 0 aliphatic carbocycles. The molecule has 1 unspecified atom stereocenters. The molecule has 116 valence electrons. The van der Waals surface area contributed by atoms with Crippen LogP contribution in [0.3, 0.4) is 0 Å². The van der Waals surface area contributed by atoms with Crippen LogP contribution >= 0.6 is 27.7 Å². The second-order valence-corrected chi connectivity index (χ2v) is 6.33. The van der Waals surface area contributed by atoms with Gasteiger partial charge in [-0.15, -0.1) is 11.8 Å². The molecule has 1 atom stereocenters. The normalized spacial score (nSPS) is 11.8. The maximum absolute atomic E-state index is 11.8. The summed E-state index contributed by atoms with van der Waals surface area (Å²) in [6.45, 7) is 3.95. The van der Waals surface area contributed by atoms with Crippen LogP contribution < -0.4 is 11.1 Å². The van der Waals surface area contributed by atoms with E-state index >= 15 is 0 Å². The van der Waals surface area contributed by atoms with E-state index in [1.807, 2.05) is 25.1 Å². The van der Waals surface area contributed by atoms with E-state index in [2.05, 4.69) is 21.2 Å². The first-order chi connectivity index (χ1) is 9.93. The van der Waals surface area contributed by atoms with E-state index in [0.29, 0.717) is 12.4 Å². The van der Waals surface area contributed by atoms with Gasteiger partial charge in [-0.25, -0.2) is 0 Å². The lowest BCUT2D eigenvalue weighted by molar-refractivity contribution is -0.144. The molecule has 0 bridgehead atoms. The number of rotatable bonds is 7. The highest BCUT2D eigenvalue weighted by Crippen LogP contribution is 2.20. The van der Waals surface area contributed by atoms with Crippen LogP contribution in [0.15, 0.2) is 22.7 Å². The van der Waals surface area contributed by atoms with Crippen molar-refractivity contribution in [2.75, 3.05) is 23.4 Å². The molecule has 0 heterocycles. The number of ether oxygens (including phenoxy) is 1. The van der Waals surface area contributed by atoms with Gasteiger partial charge in [0.15, 0.2) is 0 Å². The Kier molecular flexibility index (Phi) is 7.77. The standard InChI is InChI=1S/C14H19BrN2O3S/c1-3-20-14(19)11(16)7-21-8-13(18)17-12-5-4-10(15)6-9(12)2/h4-6,11H,3,7-8,16H2,1-2H3,(H,17,18). The zero-order valence-electron chi connectivity index (χ0n) is 12.0. The molecule has 1 aromatic rings. The molecule has 0 aliphatic heterocycles. The Morgan fingerprint density at radius 3 is 2.81 bits per heavy atom. The third-order valence-electron chi connectivity index (χ3n) is 2.58. The first-order valence-electron chi connectivity index (χ1n) is 6.50. The summed E-state index contributed by atoms with van der Waals surface area (Å²) in [7, 11) is 0. The van der Waals surface area contributed by atoms with Gasteiger partial charge in [-0.1, -0.05) is 15.9 Å². The summed E-state index contributed by atoms with van der Waals surface area (Å²) in [6, 6.07) is 4.94. The van der Waals surface area contributed by atoms with Gasteiger partial charge in [-0.05, 0) is 37.6 Å². The van der Waals surface area contributed by atoms with E-state index in [1.54, 1.807) is 6.92 Å². The van der Waals surface area contributed by atoms with Crippen molar-refractivity contribution >= 4 is 45.3 Å². The fraction of sp³-hybridized carbons (Fsp3) is 0.429. The number of carbonyl (C=O) groups excluding carboxylic acids is 2. The molecule has 21 heavy (non-hydrogen) atoms. The number of hydrogen-bond acceptors (Lipinski definition) is 5. The van der Waals surface area contributed by atoms with Gasteiger partial charge >= 0.3 is 5.97 Å². The number of nitrogens with two attached hydrogens (primary N) is 1. The maximum Gasteiger partial charge on any atom is 0.323 e. The summed E-state index contributed by atoms with van der Waals surface area (Å²) >= 11 is 4.68.